The highest BCUT2D eigenvalue weighted by molar-refractivity contribution is 6.01. The monoisotopic (exact) mass is 263 g/mol. The van der Waals surface area contributed by atoms with Crippen molar-refractivity contribution < 1.29 is 14.5 Å². The number of amides is 2. The molecule has 100 valence electrons. The lowest BCUT2D eigenvalue weighted by molar-refractivity contribution is -0.385. The minimum Gasteiger partial charge on any atom is -0.353 e. The number of piperazine rings is 1. The highest BCUT2D eigenvalue weighted by Gasteiger charge is 2.32. The lowest BCUT2D eigenvalue weighted by Crippen LogP contribution is -2.55. The summed E-state index contributed by atoms with van der Waals surface area (Å²) in [5.41, 5.74) is -0.236. The number of carbonyl (C=O) groups excluding carboxylic acids is 2. The van der Waals surface area contributed by atoms with Gasteiger partial charge in [0.15, 0.2) is 0 Å². The number of nitro benzene ring substituents is 1. The molecule has 1 N–H and O–H groups in total. The standard InChI is InChI=1S/C12H13N3O4/c1-8-11(16)13-6-7-14(8)12(17)9-4-2-3-5-10(9)15(18)19/h2-5,8H,6-7H2,1H3,(H,13,16). The molecular weight excluding hydrogens is 250 g/mol. The van der Waals surface area contributed by atoms with Crippen molar-refractivity contribution in [2.24, 2.45) is 0 Å². The Kier molecular flexibility index (Phi) is 3.46. The quantitative estimate of drug-likeness (QED) is 0.623. The first-order chi connectivity index (χ1) is 9.02. The first kappa shape index (κ1) is 13.0. The smallest absolute Gasteiger partial charge is 0.282 e. The average Bonchev–Trinajstić information content (AvgIpc) is 2.41. The van der Waals surface area contributed by atoms with Gasteiger partial charge in [0, 0.05) is 19.2 Å². The molecular formula is C12H13N3O4. The number of hydrogen-bond donors (Lipinski definition) is 1. The molecule has 1 aromatic rings. The SMILES string of the molecule is CC1C(=O)NCCN1C(=O)c1ccccc1[N+](=O)[O-]. The van der Waals surface area contributed by atoms with Crippen molar-refractivity contribution in [3.8, 4) is 0 Å². The van der Waals surface area contributed by atoms with Gasteiger partial charge in [0.25, 0.3) is 11.6 Å². The molecule has 1 heterocycles. The van der Waals surface area contributed by atoms with E-state index in [0.717, 1.165) is 0 Å². The molecule has 7 heteroatoms. The Morgan fingerprint density at radius 3 is 2.84 bits per heavy atom. The van der Waals surface area contributed by atoms with Crippen LogP contribution in [0.15, 0.2) is 24.3 Å². The minimum absolute atomic E-state index is 0.00838. The van der Waals surface area contributed by atoms with Gasteiger partial charge < -0.3 is 10.2 Å². The van der Waals surface area contributed by atoms with E-state index in [4.69, 9.17) is 0 Å². The number of carbonyl (C=O) groups is 2. The highest BCUT2D eigenvalue weighted by Crippen LogP contribution is 2.21. The molecule has 2 rings (SSSR count). The molecule has 2 amide bonds. The predicted molar refractivity (Wildman–Crippen MR) is 66.6 cm³/mol. The molecule has 1 aromatic carbocycles. The molecule has 0 aliphatic carbocycles. The molecule has 1 fully saturated rings. The number of rotatable bonds is 2. The summed E-state index contributed by atoms with van der Waals surface area (Å²) >= 11 is 0. The van der Waals surface area contributed by atoms with Crippen LogP contribution in [0.3, 0.4) is 0 Å². The third kappa shape index (κ3) is 2.40. The second-order valence-electron chi connectivity index (χ2n) is 4.24. The van der Waals surface area contributed by atoms with Crippen molar-refractivity contribution in [3.05, 3.63) is 39.9 Å². The van der Waals surface area contributed by atoms with Gasteiger partial charge in [-0.3, -0.25) is 19.7 Å². The maximum absolute atomic E-state index is 12.3. The average molecular weight is 263 g/mol. The largest absolute Gasteiger partial charge is 0.353 e. The summed E-state index contributed by atoms with van der Waals surface area (Å²) in [5.74, 6) is -0.743. The molecule has 1 saturated heterocycles. The van der Waals surface area contributed by atoms with E-state index in [1.54, 1.807) is 13.0 Å². The van der Waals surface area contributed by atoms with Crippen molar-refractivity contribution in [1.82, 2.24) is 10.2 Å². The van der Waals surface area contributed by atoms with Crippen molar-refractivity contribution in [2.45, 2.75) is 13.0 Å². The molecule has 0 aromatic heterocycles. The zero-order chi connectivity index (χ0) is 14.0. The van der Waals surface area contributed by atoms with E-state index in [9.17, 15) is 19.7 Å². The fourth-order valence-electron chi connectivity index (χ4n) is 2.03. The Morgan fingerprint density at radius 2 is 2.16 bits per heavy atom. The van der Waals surface area contributed by atoms with E-state index >= 15 is 0 Å². The third-order valence-corrected chi connectivity index (χ3v) is 3.09. The summed E-state index contributed by atoms with van der Waals surface area (Å²) in [7, 11) is 0. The maximum Gasteiger partial charge on any atom is 0.282 e. The van der Waals surface area contributed by atoms with Crippen LogP contribution in [0.2, 0.25) is 0 Å². The second-order valence-corrected chi connectivity index (χ2v) is 4.24. The molecule has 1 aliphatic heterocycles. The van der Waals surface area contributed by atoms with E-state index in [1.807, 2.05) is 0 Å². The first-order valence-electron chi connectivity index (χ1n) is 5.84. The summed E-state index contributed by atoms with van der Waals surface area (Å²) in [6.07, 6.45) is 0. The number of para-hydroxylation sites is 1. The van der Waals surface area contributed by atoms with Crippen molar-refractivity contribution in [3.63, 3.8) is 0 Å². The Balaban J connectivity index is 2.34. The Morgan fingerprint density at radius 1 is 1.47 bits per heavy atom. The molecule has 7 nitrogen and oxygen atoms in total. The predicted octanol–water partition coefficient (Wildman–Crippen LogP) is 0.555. The first-order valence-corrected chi connectivity index (χ1v) is 5.84. The molecule has 0 spiro atoms. The molecule has 1 unspecified atom stereocenters. The van der Waals surface area contributed by atoms with E-state index in [1.165, 1.54) is 23.1 Å². The summed E-state index contributed by atoms with van der Waals surface area (Å²) < 4.78 is 0. The Bertz CT molecular complexity index is 544. The second kappa shape index (κ2) is 5.05. The third-order valence-electron chi connectivity index (χ3n) is 3.09. The maximum atomic E-state index is 12.3. The lowest BCUT2D eigenvalue weighted by atomic mass is 10.1. The van der Waals surface area contributed by atoms with Crippen LogP contribution in [0.25, 0.3) is 0 Å². The fraction of sp³-hybridized carbons (Fsp3) is 0.333. The molecule has 0 bridgehead atoms. The van der Waals surface area contributed by atoms with E-state index in [0.29, 0.717) is 13.1 Å². The van der Waals surface area contributed by atoms with Crippen LogP contribution >= 0.6 is 0 Å². The lowest BCUT2D eigenvalue weighted by Gasteiger charge is -2.32. The van der Waals surface area contributed by atoms with E-state index < -0.39 is 16.9 Å². The van der Waals surface area contributed by atoms with Crippen molar-refractivity contribution >= 4 is 17.5 Å². The van der Waals surface area contributed by atoms with E-state index in [2.05, 4.69) is 5.32 Å². The number of hydrogen-bond acceptors (Lipinski definition) is 4. The van der Waals surface area contributed by atoms with Crippen LogP contribution < -0.4 is 5.32 Å². The molecule has 19 heavy (non-hydrogen) atoms. The Hall–Kier alpha value is -2.44. The fourth-order valence-corrected chi connectivity index (χ4v) is 2.03. The van der Waals surface area contributed by atoms with Crippen LogP contribution in [0.5, 0.6) is 0 Å². The van der Waals surface area contributed by atoms with E-state index in [-0.39, 0.29) is 17.2 Å². The van der Waals surface area contributed by atoms with Gasteiger partial charge in [-0.1, -0.05) is 12.1 Å². The topological polar surface area (TPSA) is 92.6 Å². The zero-order valence-electron chi connectivity index (χ0n) is 10.3. The number of nitrogens with zero attached hydrogens (tertiary/aromatic N) is 2. The number of nitro groups is 1. The van der Waals surface area contributed by atoms with Gasteiger partial charge in [-0.25, -0.2) is 0 Å². The summed E-state index contributed by atoms with van der Waals surface area (Å²) in [6, 6.07) is 5.12. The molecule has 1 aliphatic rings. The van der Waals surface area contributed by atoms with Gasteiger partial charge in [-0.05, 0) is 13.0 Å². The van der Waals surface area contributed by atoms with Crippen molar-refractivity contribution in [2.75, 3.05) is 13.1 Å². The van der Waals surface area contributed by atoms with Gasteiger partial charge >= 0.3 is 0 Å². The van der Waals surface area contributed by atoms with Gasteiger partial charge in [0.05, 0.1) is 4.92 Å². The summed E-state index contributed by atoms with van der Waals surface area (Å²) in [5, 5.41) is 13.5. The summed E-state index contributed by atoms with van der Waals surface area (Å²) in [6.45, 7) is 2.30. The number of nitrogens with one attached hydrogen (secondary N) is 1. The minimum atomic E-state index is -0.624. The number of benzene rings is 1. The van der Waals surface area contributed by atoms with Gasteiger partial charge in [-0.15, -0.1) is 0 Å². The zero-order valence-corrected chi connectivity index (χ0v) is 10.3. The van der Waals surface area contributed by atoms with Crippen LogP contribution in [0.1, 0.15) is 17.3 Å². The van der Waals surface area contributed by atoms with Crippen LogP contribution in [-0.2, 0) is 4.79 Å². The van der Waals surface area contributed by atoms with Gasteiger partial charge in [-0.2, -0.15) is 0 Å². The molecule has 1 atom stereocenters. The highest BCUT2D eigenvalue weighted by atomic mass is 16.6. The van der Waals surface area contributed by atoms with Crippen molar-refractivity contribution in [1.29, 1.82) is 0 Å². The van der Waals surface area contributed by atoms with Gasteiger partial charge in [0.1, 0.15) is 11.6 Å². The van der Waals surface area contributed by atoms with Crippen LogP contribution in [0, 0.1) is 10.1 Å². The van der Waals surface area contributed by atoms with Crippen LogP contribution in [-0.4, -0.2) is 40.8 Å². The Labute approximate surface area is 109 Å². The summed E-state index contributed by atoms with van der Waals surface area (Å²) in [4.78, 5) is 35.5. The molecule has 0 saturated carbocycles. The molecule has 0 radical (unpaired) electrons. The van der Waals surface area contributed by atoms with Crippen LogP contribution in [0.4, 0.5) is 5.69 Å². The normalized spacial score (nSPS) is 18.9. The van der Waals surface area contributed by atoms with Gasteiger partial charge in [0.2, 0.25) is 5.91 Å².